The van der Waals surface area contributed by atoms with Crippen LogP contribution in [0.2, 0.25) is 0 Å². The average molecular weight is 318 g/mol. The Labute approximate surface area is 144 Å². The van der Waals surface area contributed by atoms with Gasteiger partial charge in [-0.1, -0.05) is 20.8 Å². The maximum Gasteiger partial charge on any atom is -0.00182 e. The Morgan fingerprint density at radius 1 is 0.826 bits per heavy atom. The van der Waals surface area contributed by atoms with Crippen molar-refractivity contribution in [1.29, 1.82) is 0 Å². The van der Waals surface area contributed by atoms with Crippen LogP contribution in [0.4, 0.5) is 0 Å². The smallest absolute Gasteiger partial charge is 0.00182 e. The van der Waals surface area contributed by atoms with Gasteiger partial charge in [0.15, 0.2) is 0 Å². The topological polar surface area (TPSA) is 12.0 Å². The summed E-state index contributed by atoms with van der Waals surface area (Å²) in [4.78, 5) is 0. The first-order valence-electron chi connectivity index (χ1n) is 10.6. The molecule has 1 heteroatoms. The highest BCUT2D eigenvalue weighted by Gasteiger charge is 2.56. The SMILES string of the molecule is CNC[C@H]1CC[C@H]2[C@@H]3CCC4CC(C)(C)CC[C@@H]4[C@H]3CC[C@]12C. The first-order valence-corrected chi connectivity index (χ1v) is 10.6. The molecular weight excluding hydrogens is 278 g/mol. The minimum Gasteiger partial charge on any atom is -0.319 e. The Bertz CT molecular complexity index is 441. The van der Waals surface area contributed by atoms with Gasteiger partial charge >= 0.3 is 0 Å². The van der Waals surface area contributed by atoms with Gasteiger partial charge in [0.25, 0.3) is 0 Å². The molecule has 1 nitrogen and oxygen atoms in total. The predicted octanol–water partition coefficient (Wildman–Crippen LogP) is 5.50. The zero-order valence-corrected chi connectivity index (χ0v) is 16.0. The lowest BCUT2D eigenvalue weighted by molar-refractivity contribution is -0.0754. The molecule has 4 aliphatic rings. The van der Waals surface area contributed by atoms with E-state index in [4.69, 9.17) is 0 Å². The van der Waals surface area contributed by atoms with Gasteiger partial charge in [-0.25, -0.2) is 0 Å². The van der Waals surface area contributed by atoms with E-state index in [1.807, 2.05) is 0 Å². The zero-order valence-electron chi connectivity index (χ0n) is 16.0. The molecule has 0 spiro atoms. The van der Waals surface area contributed by atoms with Crippen LogP contribution in [0.25, 0.3) is 0 Å². The van der Waals surface area contributed by atoms with Crippen molar-refractivity contribution in [2.24, 2.45) is 46.3 Å². The molecule has 0 heterocycles. The molecule has 0 aliphatic heterocycles. The first-order chi connectivity index (χ1) is 10.9. The molecule has 23 heavy (non-hydrogen) atoms. The maximum atomic E-state index is 3.49. The molecule has 7 atom stereocenters. The summed E-state index contributed by atoms with van der Waals surface area (Å²) in [5, 5.41) is 3.49. The fraction of sp³-hybridized carbons (Fsp3) is 1.00. The second-order valence-corrected chi connectivity index (χ2v) is 10.7. The monoisotopic (exact) mass is 317 g/mol. The first kappa shape index (κ1) is 16.4. The van der Waals surface area contributed by atoms with Gasteiger partial charge < -0.3 is 5.32 Å². The van der Waals surface area contributed by atoms with Crippen molar-refractivity contribution in [3.05, 3.63) is 0 Å². The normalized spacial score (nSPS) is 51.7. The Balaban J connectivity index is 1.52. The van der Waals surface area contributed by atoms with E-state index in [-0.39, 0.29) is 0 Å². The third kappa shape index (κ3) is 2.60. The van der Waals surface area contributed by atoms with E-state index in [9.17, 15) is 0 Å². The van der Waals surface area contributed by atoms with E-state index in [2.05, 4.69) is 33.1 Å². The lowest BCUT2D eigenvalue weighted by Crippen LogP contribution is -2.50. The molecule has 1 unspecified atom stereocenters. The Morgan fingerprint density at radius 3 is 2.39 bits per heavy atom. The molecule has 4 aliphatic carbocycles. The van der Waals surface area contributed by atoms with Crippen LogP contribution in [0, 0.1) is 46.3 Å². The summed E-state index contributed by atoms with van der Waals surface area (Å²) in [7, 11) is 2.15. The van der Waals surface area contributed by atoms with Crippen LogP contribution in [0.15, 0.2) is 0 Å². The number of rotatable bonds is 2. The van der Waals surface area contributed by atoms with E-state index in [1.165, 1.54) is 38.6 Å². The molecule has 0 aromatic heterocycles. The van der Waals surface area contributed by atoms with E-state index >= 15 is 0 Å². The second kappa shape index (κ2) is 5.75. The minimum atomic E-state index is 0.627. The summed E-state index contributed by atoms with van der Waals surface area (Å²) in [6, 6.07) is 0. The molecule has 0 saturated heterocycles. The summed E-state index contributed by atoms with van der Waals surface area (Å²) < 4.78 is 0. The predicted molar refractivity (Wildman–Crippen MR) is 98.3 cm³/mol. The third-order valence-corrected chi connectivity index (χ3v) is 9.13. The molecular formula is C22H39N. The van der Waals surface area contributed by atoms with Gasteiger partial charge in [0.1, 0.15) is 0 Å². The van der Waals surface area contributed by atoms with Gasteiger partial charge in [0.2, 0.25) is 0 Å². The van der Waals surface area contributed by atoms with Crippen molar-refractivity contribution in [2.75, 3.05) is 13.6 Å². The van der Waals surface area contributed by atoms with Crippen LogP contribution in [0.1, 0.15) is 78.6 Å². The maximum absolute atomic E-state index is 3.49. The molecule has 4 rings (SSSR count). The van der Waals surface area contributed by atoms with Crippen LogP contribution < -0.4 is 5.32 Å². The number of fused-ring (bicyclic) bond motifs is 5. The van der Waals surface area contributed by atoms with E-state index in [1.54, 1.807) is 25.7 Å². The van der Waals surface area contributed by atoms with Gasteiger partial charge in [-0.2, -0.15) is 0 Å². The van der Waals surface area contributed by atoms with Crippen LogP contribution >= 0.6 is 0 Å². The molecule has 1 N–H and O–H groups in total. The van der Waals surface area contributed by atoms with Crippen LogP contribution in [0.3, 0.4) is 0 Å². The fourth-order valence-corrected chi connectivity index (χ4v) is 8.00. The molecule has 0 aromatic rings. The zero-order chi connectivity index (χ0) is 16.2. The van der Waals surface area contributed by atoms with Crippen molar-refractivity contribution >= 4 is 0 Å². The van der Waals surface area contributed by atoms with E-state index < -0.39 is 0 Å². The molecule has 132 valence electrons. The Kier molecular flexibility index (Phi) is 4.11. The molecule has 0 aromatic carbocycles. The van der Waals surface area contributed by atoms with Crippen molar-refractivity contribution in [1.82, 2.24) is 5.32 Å². The highest BCUT2D eigenvalue weighted by molar-refractivity contribution is 5.06. The number of hydrogen-bond acceptors (Lipinski definition) is 1. The van der Waals surface area contributed by atoms with E-state index in [0.717, 1.165) is 35.5 Å². The minimum absolute atomic E-state index is 0.627. The molecule has 4 fully saturated rings. The fourth-order valence-electron chi connectivity index (χ4n) is 8.00. The second-order valence-electron chi connectivity index (χ2n) is 10.7. The average Bonchev–Trinajstić information content (AvgIpc) is 2.83. The summed E-state index contributed by atoms with van der Waals surface area (Å²) >= 11 is 0. The van der Waals surface area contributed by atoms with Gasteiger partial charge in [0.05, 0.1) is 0 Å². The summed E-state index contributed by atoms with van der Waals surface area (Å²) in [6.07, 6.45) is 13.8. The quantitative estimate of drug-likeness (QED) is 0.709. The Morgan fingerprint density at radius 2 is 1.61 bits per heavy atom. The molecule has 0 bridgehead atoms. The molecule has 4 saturated carbocycles. The van der Waals surface area contributed by atoms with Crippen molar-refractivity contribution in [3.8, 4) is 0 Å². The van der Waals surface area contributed by atoms with Gasteiger partial charge in [-0.05, 0) is 118 Å². The lowest BCUT2D eigenvalue weighted by atomic mass is 9.48. The van der Waals surface area contributed by atoms with Gasteiger partial charge in [0, 0.05) is 0 Å². The van der Waals surface area contributed by atoms with E-state index in [0.29, 0.717) is 10.8 Å². The summed E-state index contributed by atoms with van der Waals surface area (Å²) in [5.74, 6) is 6.33. The lowest BCUT2D eigenvalue weighted by Gasteiger charge is -2.57. The standard InChI is InChI=1S/C22H39N/c1-21(2)11-9-17-15(13-21)5-7-19-18(17)10-12-22(3)16(14-23-4)6-8-20(19)22/h15-20,23H,5-14H2,1-4H3/t15?,16-,17+,18-,19-,20+,22-/m1/s1. The highest BCUT2D eigenvalue weighted by Crippen LogP contribution is 2.64. The largest absolute Gasteiger partial charge is 0.319 e. The highest BCUT2D eigenvalue weighted by atomic mass is 14.8. The van der Waals surface area contributed by atoms with Crippen LogP contribution in [-0.4, -0.2) is 13.6 Å². The van der Waals surface area contributed by atoms with Gasteiger partial charge in [-0.3, -0.25) is 0 Å². The summed E-state index contributed by atoms with van der Waals surface area (Å²) in [5.41, 5.74) is 1.29. The molecule has 0 amide bonds. The van der Waals surface area contributed by atoms with Gasteiger partial charge in [-0.15, -0.1) is 0 Å². The van der Waals surface area contributed by atoms with Crippen molar-refractivity contribution in [2.45, 2.75) is 78.6 Å². The number of nitrogens with one attached hydrogen (secondary N) is 1. The van der Waals surface area contributed by atoms with Crippen molar-refractivity contribution in [3.63, 3.8) is 0 Å². The van der Waals surface area contributed by atoms with Crippen LogP contribution in [-0.2, 0) is 0 Å². The van der Waals surface area contributed by atoms with Crippen LogP contribution in [0.5, 0.6) is 0 Å². The summed E-state index contributed by atoms with van der Waals surface area (Å²) in [6.45, 7) is 8.96. The third-order valence-electron chi connectivity index (χ3n) is 9.13. The number of hydrogen-bond donors (Lipinski definition) is 1. The van der Waals surface area contributed by atoms with Crippen molar-refractivity contribution < 1.29 is 0 Å². The molecule has 0 radical (unpaired) electrons. The Hall–Kier alpha value is -0.0400.